The fourth-order valence-electron chi connectivity index (χ4n) is 4.40. The van der Waals surface area contributed by atoms with Gasteiger partial charge < -0.3 is 14.8 Å². The summed E-state index contributed by atoms with van der Waals surface area (Å²) >= 11 is 3.63. The molecule has 1 aromatic rings. The van der Waals surface area contributed by atoms with Crippen molar-refractivity contribution < 1.29 is 19.1 Å². The van der Waals surface area contributed by atoms with Crippen molar-refractivity contribution in [2.24, 2.45) is 23.7 Å². The summed E-state index contributed by atoms with van der Waals surface area (Å²) in [6, 6.07) is 7.36. The number of hydrogen-bond acceptors (Lipinski definition) is 4. The highest BCUT2D eigenvalue weighted by atomic mass is 79.9. The molecule has 1 aromatic carbocycles. The Balaban J connectivity index is 1.58. The molecule has 3 fully saturated rings. The highest BCUT2D eigenvalue weighted by Crippen LogP contribution is 2.60. The zero-order chi connectivity index (χ0) is 16.1. The third-order valence-electron chi connectivity index (χ3n) is 5.27. The molecule has 0 unspecified atom stereocenters. The van der Waals surface area contributed by atoms with Gasteiger partial charge in [-0.2, -0.15) is 0 Å². The van der Waals surface area contributed by atoms with Crippen LogP contribution in [0.3, 0.4) is 0 Å². The molecular formula is C17H18BrNO4. The van der Waals surface area contributed by atoms with E-state index in [0.29, 0.717) is 18.0 Å². The van der Waals surface area contributed by atoms with E-state index in [1.165, 1.54) is 0 Å². The highest BCUT2D eigenvalue weighted by Gasteiger charge is 2.67. The molecule has 1 amide bonds. The molecule has 2 saturated carbocycles. The number of carbonyl (C=O) groups is 2. The average Bonchev–Trinajstić information content (AvgIpc) is 3.13. The maximum absolute atomic E-state index is 12.8. The molecule has 3 aliphatic rings. The maximum atomic E-state index is 12.8. The van der Waals surface area contributed by atoms with Crippen molar-refractivity contribution in [3.05, 3.63) is 24.3 Å². The van der Waals surface area contributed by atoms with Crippen molar-refractivity contribution in [1.29, 1.82) is 0 Å². The van der Waals surface area contributed by atoms with E-state index in [4.69, 9.17) is 9.47 Å². The summed E-state index contributed by atoms with van der Waals surface area (Å²) in [7, 11) is 0. The third-order valence-corrected chi connectivity index (χ3v) is 6.47. The second-order valence-corrected chi connectivity index (χ2v) is 7.44. The molecule has 6 heteroatoms. The Hall–Kier alpha value is -1.56. The number of carbonyl (C=O) groups excluding carboxylic acids is 2. The number of para-hydroxylation sites is 2. The van der Waals surface area contributed by atoms with Crippen LogP contribution in [0.15, 0.2) is 24.3 Å². The number of amides is 1. The number of halogens is 1. The van der Waals surface area contributed by atoms with Gasteiger partial charge in [0, 0.05) is 5.92 Å². The molecule has 0 aromatic heterocycles. The predicted octanol–water partition coefficient (Wildman–Crippen LogP) is 2.59. The molecule has 5 nitrogen and oxygen atoms in total. The van der Waals surface area contributed by atoms with Crippen LogP contribution in [0.4, 0.5) is 5.69 Å². The summed E-state index contributed by atoms with van der Waals surface area (Å²) in [6.07, 6.45) is 0.819. The largest absolute Gasteiger partial charge is 0.492 e. The van der Waals surface area contributed by atoms with Gasteiger partial charge in [0.25, 0.3) is 0 Å². The summed E-state index contributed by atoms with van der Waals surface area (Å²) in [5, 5.41) is 2.95. The van der Waals surface area contributed by atoms with Crippen molar-refractivity contribution in [1.82, 2.24) is 0 Å². The first-order valence-electron chi connectivity index (χ1n) is 7.99. The standard InChI is InChI=1S/C17H18BrNO4/c1-2-22-11-6-4-3-5-10(11)19-16(20)12-8-7-9-13(12)17(21)23-15(9)14(8)18/h3-6,8-9,12-15H,2,7H2,1H3,(H,19,20)/t8-,9-,12-,13-,14+,15+/m1/s1. The van der Waals surface area contributed by atoms with Crippen LogP contribution in [-0.4, -0.2) is 29.4 Å². The van der Waals surface area contributed by atoms with Crippen molar-refractivity contribution in [3.63, 3.8) is 0 Å². The van der Waals surface area contributed by atoms with Crippen LogP contribution in [-0.2, 0) is 14.3 Å². The molecule has 0 radical (unpaired) electrons. The number of fused-ring (bicyclic) bond motifs is 1. The smallest absolute Gasteiger partial charge is 0.310 e. The van der Waals surface area contributed by atoms with Gasteiger partial charge in [-0.25, -0.2) is 0 Å². The van der Waals surface area contributed by atoms with E-state index in [0.717, 1.165) is 6.42 Å². The lowest BCUT2D eigenvalue weighted by atomic mass is 9.79. The lowest BCUT2D eigenvalue weighted by molar-refractivity contribution is -0.145. The molecule has 122 valence electrons. The fraction of sp³-hybridized carbons (Fsp3) is 0.529. The number of nitrogens with one attached hydrogen (secondary N) is 1. The summed E-state index contributed by atoms with van der Waals surface area (Å²) in [5.41, 5.74) is 0.649. The number of hydrogen-bond donors (Lipinski definition) is 1. The van der Waals surface area contributed by atoms with Gasteiger partial charge in [-0.05, 0) is 31.4 Å². The number of ether oxygens (including phenoxy) is 2. The maximum Gasteiger partial charge on any atom is 0.310 e. The quantitative estimate of drug-likeness (QED) is 0.644. The number of esters is 1. The minimum Gasteiger partial charge on any atom is -0.492 e. The van der Waals surface area contributed by atoms with Crippen LogP contribution in [0, 0.1) is 23.7 Å². The number of alkyl halides is 1. The second kappa shape index (κ2) is 5.51. The highest BCUT2D eigenvalue weighted by molar-refractivity contribution is 9.09. The Morgan fingerprint density at radius 1 is 1.39 bits per heavy atom. The minimum atomic E-state index is -0.328. The molecule has 6 atom stereocenters. The monoisotopic (exact) mass is 379 g/mol. The molecule has 0 spiro atoms. The van der Waals surface area contributed by atoms with Gasteiger partial charge >= 0.3 is 5.97 Å². The second-order valence-electron chi connectivity index (χ2n) is 6.38. The van der Waals surface area contributed by atoms with Gasteiger partial charge in [0.05, 0.1) is 29.0 Å². The lowest BCUT2D eigenvalue weighted by Crippen LogP contribution is -2.40. The first-order valence-corrected chi connectivity index (χ1v) is 8.90. The van der Waals surface area contributed by atoms with Crippen LogP contribution >= 0.6 is 15.9 Å². The van der Waals surface area contributed by atoms with Gasteiger partial charge in [-0.1, -0.05) is 28.1 Å². The van der Waals surface area contributed by atoms with Crippen molar-refractivity contribution >= 4 is 33.5 Å². The van der Waals surface area contributed by atoms with Gasteiger partial charge in [0.2, 0.25) is 5.91 Å². The Morgan fingerprint density at radius 3 is 2.96 bits per heavy atom. The SMILES string of the molecule is CCOc1ccccc1NC(=O)[C@@H]1[C@H]2C[C@H]3[C@H](OC(=O)[C@H]31)[C@H]2Br. The van der Waals surface area contributed by atoms with E-state index < -0.39 is 0 Å². The van der Waals surface area contributed by atoms with Crippen molar-refractivity contribution in [2.45, 2.75) is 24.3 Å². The molecule has 4 rings (SSSR count). The van der Waals surface area contributed by atoms with E-state index in [9.17, 15) is 9.59 Å². The molecule has 1 N–H and O–H groups in total. The van der Waals surface area contributed by atoms with E-state index in [1.807, 2.05) is 31.2 Å². The van der Waals surface area contributed by atoms with Crippen molar-refractivity contribution in [2.75, 3.05) is 11.9 Å². The Morgan fingerprint density at radius 2 is 2.17 bits per heavy atom. The molecule has 1 heterocycles. The Kier molecular flexibility index (Phi) is 3.59. The van der Waals surface area contributed by atoms with Gasteiger partial charge in [-0.15, -0.1) is 0 Å². The normalized spacial score (nSPS) is 36.9. The average molecular weight is 380 g/mol. The van der Waals surface area contributed by atoms with E-state index in [2.05, 4.69) is 21.2 Å². The van der Waals surface area contributed by atoms with Crippen LogP contribution in [0.25, 0.3) is 0 Å². The van der Waals surface area contributed by atoms with Crippen LogP contribution in [0.1, 0.15) is 13.3 Å². The molecule has 2 aliphatic carbocycles. The van der Waals surface area contributed by atoms with Crippen LogP contribution < -0.4 is 10.1 Å². The molecule has 1 saturated heterocycles. The Labute approximate surface area is 142 Å². The number of anilines is 1. The first kappa shape index (κ1) is 15.0. The van der Waals surface area contributed by atoms with Gasteiger partial charge in [0.1, 0.15) is 11.9 Å². The fourth-order valence-corrected chi connectivity index (χ4v) is 5.44. The lowest BCUT2D eigenvalue weighted by Gasteiger charge is -2.27. The molecular weight excluding hydrogens is 362 g/mol. The molecule has 23 heavy (non-hydrogen) atoms. The minimum absolute atomic E-state index is 0.0581. The third kappa shape index (κ3) is 2.18. The van der Waals surface area contributed by atoms with Crippen LogP contribution in [0.2, 0.25) is 0 Å². The van der Waals surface area contributed by atoms with E-state index in [-0.39, 0.29) is 46.5 Å². The summed E-state index contributed by atoms with van der Waals surface area (Å²) < 4.78 is 11.0. The first-order chi connectivity index (χ1) is 11.1. The van der Waals surface area contributed by atoms with Gasteiger partial charge in [-0.3, -0.25) is 9.59 Å². The zero-order valence-electron chi connectivity index (χ0n) is 12.7. The Bertz CT molecular complexity index is 664. The van der Waals surface area contributed by atoms with E-state index >= 15 is 0 Å². The summed E-state index contributed by atoms with van der Waals surface area (Å²) in [4.78, 5) is 25.0. The van der Waals surface area contributed by atoms with Gasteiger partial charge in [0.15, 0.2) is 0 Å². The topological polar surface area (TPSA) is 64.6 Å². The predicted molar refractivity (Wildman–Crippen MR) is 87.4 cm³/mol. The number of benzene rings is 1. The van der Waals surface area contributed by atoms with Crippen LogP contribution in [0.5, 0.6) is 5.75 Å². The number of rotatable bonds is 4. The molecule has 2 bridgehead atoms. The van der Waals surface area contributed by atoms with E-state index in [1.54, 1.807) is 0 Å². The summed E-state index contributed by atoms with van der Waals surface area (Å²) in [5.74, 6) is 0.0201. The summed E-state index contributed by atoms with van der Waals surface area (Å²) in [6.45, 7) is 2.43. The zero-order valence-corrected chi connectivity index (χ0v) is 14.3. The molecule has 1 aliphatic heterocycles. The van der Waals surface area contributed by atoms with Crippen molar-refractivity contribution in [3.8, 4) is 5.75 Å².